The molecule has 2 rings (SSSR count). The van der Waals surface area contributed by atoms with E-state index in [2.05, 4.69) is 24.3 Å². The summed E-state index contributed by atoms with van der Waals surface area (Å²) < 4.78 is 0. The largest absolute Gasteiger partial charge is 0.300 e. The minimum atomic E-state index is 0.554. The highest BCUT2D eigenvalue weighted by Crippen LogP contribution is 2.39. The molecule has 3 unspecified atom stereocenters. The molecule has 0 aliphatic carbocycles. The number of nitrogens with one attached hydrogen (secondary N) is 1. The van der Waals surface area contributed by atoms with Crippen LogP contribution in [0.5, 0.6) is 0 Å². The molecule has 3 nitrogen and oxygen atoms in total. The molecule has 0 radical (unpaired) electrons. The first-order chi connectivity index (χ1) is 9.26. The number of fused-ring (bicyclic) bond motifs is 2. The number of nitrogens with zero attached hydrogens (tertiary/aromatic N) is 1. The van der Waals surface area contributed by atoms with Crippen LogP contribution in [-0.4, -0.2) is 30.1 Å². The average Bonchev–Trinajstić information content (AvgIpc) is 2.66. The van der Waals surface area contributed by atoms with Crippen molar-refractivity contribution in [1.29, 1.82) is 0 Å². The molecule has 0 saturated carbocycles. The van der Waals surface area contributed by atoms with E-state index in [4.69, 9.17) is 5.84 Å². The molecule has 2 saturated heterocycles. The van der Waals surface area contributed by atoms with Crippen molar-refractivity contribution in [2.75, 3.05) is 7.05 Å². The van der Waals surface area contributed by atoms with Crippen LogP contribution in [0, 0.1) is 5.92 Å². The number of nitrogens with two attached hydrogens (primary N) is 1. The summed E-state index contributed by atoms with van der Waals surface area (Å²) in [6.45, 7) is 2.28. The predicted molar refractivity (Wildman–Crippen MR) is 81.8 cm³/mol. The highest BCUT2D eigenvalue weighted by molar-refractivity contribution is 4.96. The molecule has 2 aliphatic heterocycles. The van der Waals surface area contributed by atoms with Gasteiger partial charge in [-0.3, -0.25) is 11.3 Å². The van der Waals surface area contributed by atoms with Gasteiger partial charge in [0, 0.05) is 18.1 Å². The predicted octanol–water partition coefficient (Wildman–Crippen LogP) is 3.05. The summed E-state index contributed by atoms with van der Waals surface area (Å²) in [7, 11) is 2.31. The van der Waals surface area contributed by atoms with Gasteiger partial charge in [-0.2, -0.15) is 0 Å². The Morgan fingerprint density at radius 3 is 2.32 bits per heavy atom. The van der Waals surface area contributed by atoms with Crippen LogP contribution >= 0.6 is 0 Å². The Morgan fingerprint density at radius 1 is 1.11 bits per heavy atom. The molecule has 0 aromatic heterocycles. The number of hydrazine groups is 1. The van der Waals surface area contributed by atoms with Crippen molar-refractivity contribution in [1.82, 2.24) is 10.3 Å². The summed E-state index contributed by atoms with van der Waals surface area (Å²) in [5.74, 6) is 6.64. The fraction of sp³-hybridized carbons (Fsp3) is 1.00. The van der Waals surface area contributed by atoms with Crippen molar-refractivity contribution < 1.29 is 0 Å². The molecule has 3 heteroatoms. The molecule has 0 spiro atoms. The number of hydrogen-bond donors (Lipinski definition) is 2. The van der Waals surface area contributed by atoms with Crippen molar-refractivity contribution in [2.45, 2.75) is 89.3 Å². The van der Waals surface area contributed by atoms with Crippen LogP contribution in [0.3, 0.4) is 0 Å². The molecule has 0 aromatic carbocycles. The molecule has 3 atom stereocenters. The van der Waals surface area contributed by atoms with Crippen molar-refractivity contribution in [3.8, 4) is 0 Å². The van der Waals surface area contributed by atoms with E-state index in [9.17, 15) is 0 Å². The van der Waals surface area contributed by atoms with Crippen LogP contribution in [0.25, 0.3) is 0 Å². The third-order valence-corrected chi connectivity index (χ3v) is 5.54. The van der Waals surface area contributed by atoms with E-state index in [0.717, 1.165) is 18.0 Å². The Labute approximate surface area is 119 Å². The van der Waals surface area contributed by atoms with Gasteiger partial charge >= 0.3 is 0 Å². The monoisotopic (exact) mass is 267 g/mol. The van der Waals surface area contributed by atoms with Gasteiger partial charge in [0.2, 0.25) is 0 Å². The first-order valence-corrected chi connectivity index (χ1v) is 8.44. The molecule has 2 heterocycles. The molecule has 0 aromatic rings. The third kappa shape index (κ3) is 3.93. The van der Waals surface area contributed by atoms with Crippen molar-refractivity contribution in [2.24, 2.45) is 11.8 Å². The molecule has 2 bridgehead atoms. The zero-order chi connectivity index (χ0) is 13.7. The fourth-order valence-corrected chi connectivity index (χ4v) is 4.21. The number of hydrogen-bond acceptors (Lipinski definition) is 3. The van der Waals surface area contributed by atoms with E-state index in [1.807, 2.05) is 0 Å². The van der Waals surface area contributed by atoms with Gasteiger partial charge in [-0.05, 0) is 45.1 Å². The summed E-state index contributed by atoms with van der Waals surface area (Å²) in [6, 6.07) is 2.22. The standard InChI is InChI=1S/C16H33N3/c1-3-4-5-6-7-8-16(18-17)13-11-14-9-10-15(12-13)19(14)2/h13-16,18H,3-12,17H2,1-2H3. The van der Waals surface area contributed by atoms with Gasteiger partial charge in [-0.25, -0.2) is 0 Å². The Balaban J connectivity index is 1.72. The highest BCUT2D eigenvalue weighted by atomic mass is 15.2. The van der Waals surface area contributed by atoms with E-state index >= 15 is 0 Å². The summed E-state index contributed by atoms with van der Waals surface area (Å²) in [4.78, 5) is 2.62. The minimum absolute atomic E-state index is 0.554. The van der Waals surface area contributed by atoms with Crippen LogP contribution in [0.4, 0.5) is 0 Å². The average molecular weight is 267 g/mol. The molecule has 3 N–H and O–H groups in total. The maximum Gasteiger partial charge on any atom is 0.0239 e. The Kier molecular flexibility index (Phi) is 6.11. The van der Waals surface area contributed by atoms with Crippen molar-refractivity contribution in [3.63, 3.8) is 0 Å². The Hall–Kier alpha value is -0.120. The molecule has 0 amide bonds. The van der Waals surface area contributed by atoms with Gasteiger partial charge in [0.15, 0.2) is 0 Å². The van der Waals surface area contributed by atoms with Gasteiger partial charge < -0.3 is 4.90 Å². The lowest BCUT2D eigenvalue weighted by atomic mass is 9.83. The maximum atomic E-state index is 5.83. The quantitative estimate of drug-likeness (QED) is 0.403. The van der Waals surface area contributed by atoms with Crippen LogP contribution in [0.15, 0.2) is 0 Å². The molecule has 2 aliphatic rings. The maximum absolute atomic E-state index is 5.83. The first kappa shape index (κ1) is 15.3. The van der Waals surface area contributed by atoms with Crippen molar-refractivity contribution >= 4 is 0 Å². The van der Waals surface area contributed by atoms with Crippen LogP contribution < -0.4 is 11.3 Å². The zero-order valence-electron chi connectivity index (χ0n) is 12.9. The summed E-state index contributed by atoms with van der Waals surface area (Å²) >= 11 is 0. The van der Waals surface area contributed by atoms with Gasteiger partial charge in [0.25, 0.3) is 0 Å². The van der Waals surface area contributed by atoms with E-state index in [-0.39, 0.29) is 0 Å². The van der Waals surface area contributed by atoms with Crippen LogP contribution in [-0.2, 0) is 0 Å². The molecular weight excluding hydrogens is 234 g/mol. The summed E-state index contributed by atoms with van der Waals surface area (Å²) in [6.07, 6.45) is 13.6. The van der Waals surface area contributed by atoms with Crippen LogP contribution in [0.1, 0.15) is 71.1 Å². The van der Waals surface area contributed by atoms with Crippen molar-refractivity contribution in [3.05, 3.63) is 0 Å². The fourth-order valence-electron chi connectivity index (χ4n) is 4.21. The Bertz CT molecular complexity index is 242. The second-order valence-electron chi connectivity index (χ2n) is 6.76. The zero-order valence-corrected chi connectivity index (χ0v) is 12.9. The lowest BCUT2D eigenvalue weighted by Crippen LogP contribution is -2.48. The number of piperidine rings is 1. The van der Waals surface area contributed by atoms with Gasteiger partial charge in [-0.1, -0.05) is 39.0 Å². The van der Waals surface area contributed by atoms with E-state index in [1.165, 1.54) is 64.2 Å². The molecular formula is C16H33N3. The van der Waals surface area contributed by atoms with Gasteiger partial charge in [0.1, 0.15) is 0 Å². The molecule has 19 heavy (non-hydrogen) atoms. The lowest BCUT2D eigenvalue weighted by molar-refractivity contribution is 0.109. The second kappa shape index (κ2) is 7.61. The van der Waals surface area contributed by atoms with Crippen LogP contribution in [0.2, 0.25) is 0 Å². The Morgan fingerprint density at radius 2 is 1.74 bits per heavy atom. The highest BCUT2D eigenvalue weighted by Gasteiger charge is 2.40. The third-order valence-electron chi connectivity index (χ3n) is 5.54. The van der Waals surface area contributed by atoms with E-state index < -0.39 is 0 Å². The number of rotatable bonds is 8. The summed E-state index contributed by atoms with van der Waals surface area (Å²) in [5, 5.41) is 0. The van der Waals surface area contributed by atoms with Gasteiger partial charge in [0.05, 0.1) is 0 Å². The molecule has 2 fully saturated rings. The number of unbranched alkanes of at least 4 members (excludes halogenated alkanes) is 4. The smallest absolute Gasteiger partial charge is 0.0239 e. The normalized spacial score (nSPS) is 32.7. The topological polar surface area (TPSA) is 41.3 Å². The minimum Gasteiger partial charge on any atom is -0.300 e. The van der Waals surface area contributed by atoms with Gasteiger partial charge in [-0.15, -0.1) is 0 Å². The second-order valence-corrected chi connectivity index (χ2v) is 6.76. The SMILES string of the molecule is CCCCCCCC(NN)C1CC2CCC(C1)N2C. The van der Waals surface area contributed by atoms with E-state index in [1.54, 1.807) is 0 Å². The summed E-state index contributed by atoms with van der Waals surface area (Å²) in [5.41, 5.74) is 3.13. The van der Waals surface area contributed by atoms with E-state index in [0.29, 0.717) is 6.04 Å². The first-order valence-electron chi connectivity index (χ1n) is 8.44. The lowest BCUT2D eigenvalue weighted by Gasteiger charge is -2.39. The molecule has 112 valence electrons.